The molecule has 0 aromatic heterocycles. The maximum Gasteiger partial charge on any atom is 0.347 e. The Bertz CT molecular complexity index is 832. The molecule has 0 saturated heterocycles. The van der Waals surface area contributed by atoms with Gasteiger partial charge in [0, 0.05) is 5.56 Å². The third-order valence-corrected chi connectivity index (χ3v) is 4.95. The minimum absolute atomic E-state index is 0.314. The van der Waals surface area contributed by atoms with Crippen molar-refractivity contribution in [2.75, 3.05) is 6.61 Å². The fraction of sp³-hybridized carbons (Fsp3) is 0.320. The Labute approximate surface area is 162 Å². The van der Waals surface area contributed by atoms with Gasteiger partial charge in [0.15, 0.2) is 0 Å². The second-order valence-corrected chi connectivity index (χ2v) is 6.83. The predicted octanol–water partition coefficient (Wildman–Crippen LogP) is 5.64. The lowest BCUT2D eigenvalue weighted by Gasteiger charge is -2.26. The van der Waals surface area contributed by atoms with Gasteiger partial charge in [0.25, 0.3) is 0 Å². The molecule has 1 aliphatic rings. The zero-order chi connectivity index (χ0) is 18.9. The molecule has 2 heteroatoms. The van der Waals surface area contributed by atoms with Gasteiger partial charge >= 0.3 is 5.97 Å². The second-order valence-electron chi connectivity index (χ2n) is 6.83. The molecule has 2 aromatic rings. The van der Waals surface area contributed by atoms with Crippen LogP contribution in [0.5, 0.6) is 0 Å². The van der Waals surface area contributed by atoms with Crippen molar-refractivity contribution in [3.05, 3.63) is 77.4 Å². The molecular weight excluding hydrogens is 332 g/mol. The van der Waals surface area contributed by atoms with Crippen molar-refractivity contribution < 1.29 is 9.53 Å². The maximum absolute atomic E-state index is 12.8. The third-order valence-electron chi connectivity index (χ3n) is 4.95. The molecule has 0 unspecified atom stereocenters. The smallest absolute Gasteiger partial charge is 0.347 e. The normalized spacial score (nSPS) is 15.3. The quantitative estimate of drug-likeness (QED) is 0.402. The lowest BCUT2D eigenvalue weighted by Crippen LogP contribution is -2.16. The molecule has 0 aliphatic heterocycles. The molecule has 1 aliphatic carbocycles. The summed E-state index contributed by atoms with van der Waals surface area (Å²) < 4.78 is 5.39. The van der Waals surface area contributed by atoms with Crippen LogP contribution in [0.1, 0.15) is 50.2 Å². The molecule has 138 valence electrons. The first-order chi connectivity index (χ1) is 13.3. The molecule has 3 rings (SSSR count). The van der Waals surface area contributed by atoms with E-state index in [0.717, 1.165) is 29.5 Å². The molecule has 0 N–H and O–H groups in total. The van der Waals surface area contributed by atoms with E-state index in [1.54, 1.807) is 0 Å². The molecule has 1 saturated carbocycles. The number of benzene rings is 2. The third kappa shape index (κ3) is 5.11. The zero-order valence-corrected chi connectivity index (χ0v) is 15.9. The Morgan fingerprint density at radius 2 is 1.59 bits per heavy atom. The largest absolute Gasteiger partial charge is 0.462 e. The van der Waals surface area contributed by atoms with E-state index in [2.05, 4.69) is 24.0 Å². The molecule has 0 amide bonds. The van der Waals surface area contributed by atoms with Gasteiger partial charge in [-0.15, -0.1) is 0 Å². The summed E-state index contributed by atoms with van der Waals surface area (Å²) >= 11 is 0. The lowest BCUT2D eigenvalue weighted by atomic mass is 9.79. The van der Waals surface area contributed by atoms with Crippen molar-refractivity contribution >= 4 is 11.5 Å². The maximum atomic E-state index is 12.8. The summed E-state index contributed by atoms with van der Waals surface area (Å²) in [6.07, 6.45) is 5.86. The van der Waals surface area contributed by atoms with E-state index in [1.807, 2.05) is 55.5 Å². The van der Waals surface area contributed by atoms with E-state index in [9.17, 15) is 4.79 Å². The van der Waals surface area contributed by atoms with Crippen molar-refractivity contribution in [2.24, 2.45) is 5.92 Å². The van der Waals surface area contributed by atoms with Gasteiger partial charge in [0.1, 0.15) is 5.57 Å². The predicted molar refractivity (Wildman–Crippen MR) is 110 cm³/mol. The van der Waals surface area contributed by atoms with Crippen molar-refractivity contribution in [2.45, 2.75) is 39.0 Å². The van der Waals surface area contributed by atoms with Crippen molar-refractivity contribution in [1.29, 1.82) is 0 Å². The van der Waals surface area contributed by atoms with Crippen molar-refractivity contribution in [1.82, 2.24) is 0 Å². The molecule has 0 bridgehead atoms. The van der Waals surface area contributed by atoms with Crippen LogP contribution in [-0.2, 0) is 9.53 Å². The number of hydrogen-bond acceptors (Lipinski definition) is 2. The van der Waals surface area contributed by atoms with Gasteiger partial charge in [0.05, 0.1) is 6.61 Å². The molecule has 0 spiro atoms. The van der Waals surface area contributed by atoms with Gasteiger partial charge in [-0.25, -0.2) is 4.79 Å². The fourth-order valence-corrected chi connectivity index (χ4v) is 3.68. The summed E-state index contributed by atoms with van der Waals surface area (Å²) in [4.78, 5) is 12.8. The molecule has 0 radical (unpaired) electrons. The molecule has 27 heavy (non-hydrogen) atoms. The highest BCUT2D eigenvalue weighted by molar-refractivity contribution is 6.02. The second kappa shape index (κ2) is 9.78. The number of allylic oxidation sites excluding steroid dienone is 1. The number of hydrogen-bond donors (Lipinski definition) is 0. The highest BCUT2D eigenvalue weighted by Crippen LogP contribution is 2.37. The first-order valence-corrected chi connectivity index (χ1v) is 9.83. The van der Waals surface area contributed by atoms with Gasteiger partial charge in [-0.2, -0.15) is 0 Å². The van der Waals surface area contributed by atoms with Crippen LogP contribution in [0.15, 0.2) is 66.2 Å². The summed E-state index contributed by atoms with van der Waals surface area (Å²) in [5.41, 5.74) is 3.54. The van der Waals surface area contributed by atoms with Gasteiger partial charge in [0.2, 0.25) is 0 Å². The number of rotatable bonds is 4. The van der Waals surface area contributed by atoms with Gasteiger partial charge in [-0.3, -0.25) is 0 Å². The van der Waals surface area contributed by atoms with Crippen LogP contribution in [0.2, 0.25) is 0 Å². The van der Waals surface area contributed by atoms with Gasteiger partial charge in [-0.1, -0.05) is 79.6 Å². The Balaban J connectivity index is 2.13. The standard InChI is InChI=1S/C25H26O2/c1-2-27-25(26)23(19-18-20-12-6-3-7-13-20)24(21-14-8-4-9-15-21)22-16-10-5-11-17-22/h3-4,6-9,12-15,22H,2,5,10-11,16-17H2,1H3/b24-23+. The molecule has 2 aromatic carbocycles. The Morgan fingerprint density at radius 3 is 2.22 bits per heavy atom. The topological polar surface area (TPSA) is 26.3 Å². The van der Waals surface area contributed by atoms with Crippen LogP contribution in [0.25, 0.3) is 5.57 Å². The highest BCUT2D eigenvalue weighted by atomic mass is 16.5. The van der Waals surface area contributed by atoms with E-state index >= 15 is 0 Å². The Hall–Kier alpha value is -2.79. The molecule has 0 heterocycles. The number of carbonyl (C=O) groups is 1. The van der Waals surface area contributed by atoms with E-state index in [1.165, 1.54) is 19.3 Å². The summed E-state index contributed by atoms with van der Waals surface area (Å²) in [6, 6.07) is 20.0. The summed E-state index contributed by atoms with van der Waals surface area (Å²) in [7, 11) is 0. The van der Waals surface area contributed by atoms with E-state index < -0.39 is 0 Å². The summed E-state index contributed by atoms with van der Waals surface area (Å²) in [5, 5.41) is 0. The fourth-order valence-electron chi connectivity index (χ4n) is 3.68. The van der Waals surface area contributed by atoms with Crippen LogP contribution in [0, 0.1) is 17.8 Å². The molecule has 1 fully saturated rings. The van der Waals surface area contributed by atoms with Crippen LogP contribution >= 0.6 is 0 Å². The first-order valence-electron chi connectivity index (χ1n) is 9.83. The van der Waals surface area contributed by atoms with Gasteiger partial charge in [-0.05, 0) is 49.0 Å². The molecule has 0 atom stereocenters. The molecule has 2 nitrogen and oxygen atoms in total. The minimum Gasteiger partial charge on any atom is -0.462 e. The SMILES string of the molecule is CCOC(=O)/C(C#Cc1ccccc1)=C(\c1ccccc1)C1CCCCC1. The van der Waals surface area contributed by atoms with Crippen LogP contribution < -0.4 is 0 Å². The van der Waals surface area contributed by atoms with Gasteiger partial charge < -0.3 is 4.74 Å². The van der Waals surface area contributed by atoms with E-state index in [-0.39, 0.29) is 5.97 Å². The zero-order valence-electron chi connectivity index (χ0n) is 15.9. The Kier molecular flexibility index (Phi) is 6.88. The molecular formula is C25H26O2. The number of esters is 1. The van der Waals surface area contributed by atoms with Crippen LogP contribution in [0.3, 0.4) is 0 Å². The highest BCUT2D eigenvalue weighted by Gasteiger charge is 2.25. The first kappa shape index (κ1) is 19.0. The lowest BCUT2D eigenvalue weighted by molar-refractivity contribution is -0.137. The Morgan fingerprint density at radius 1 is 0.963 bits per heavy atom. The van der Waals surface area contributed by atoms with Crippen molar-refractivity contribution in [3.63, 3.8) is 0 Å². The summed E-state index contributed by atoms with van der Waals surface area (Å²) in [5.74, 6) is 6.37. The van der Waals surface area contributed by atoms with Crippen LogP contribution in [-0.4, -0.2) is 12.6 Å². The number of ether oxygens (including phenoxy) is 1. The minimum atomic E-state index is -0.314. The number of carbonyl (C=O) groups excluding carboxylic acids is 1. The summed E-state index contributed by atoms with van der Waals surface area (Å²) in [6.45, 7) is 2.19. The van der Waals surface area contributed by atoms with Crippen LogP contribution in [0.4, 0.5) is 0 Å². The van der Waals surface area contributed by atoms with E-state index in [4.69, 9.17) is 4.74 Å². The monoisotopic (exact) mass is 358 g/mol. The average molecular weight is 358 g/mol. The van der Waals surface area contributed by atoms with Crippen molar-refractivity contribution in [3.8, 4) is 11.8 Å². The average Bonchev–Trinajstić information content (AvgIpc) is 2.73. The van der Waals surface area contributed by atoms with E-state index in [0.29, 0.717) is 18.1 Å².